The fourth-order valence-electron chi connectivity index (χ4n) is 3.64. The van der Waals surface area contributed by atoms with Gasteiger partial charge in [-0.1, -0.05) is 80.8 Å². The molecule has 0 aliphatic heterocycles. The highest BCUT2D eigenvalue weighted by Gasteiger charge is 2.25. The maximum atomic E-state index is 13.4. The van der Waals surface area contributed by atoms with Crippen LogP contribution in [0.3, 0.4) is 0 Å². The number of hydrogen-bond donors (Lipinski definition) is 2. The zero-order valence-electron chi connectivity index (χ0n) is 18.6. The SMILES string of the molecule is C=C/C=C/C=C(\C=C(/C=C/CC)CC(C=N)C/C=C/Cl)C(=O)N(C=N)C1CCCCC1. The van der Waals surface area contributed by atoms with Gasteiger partial charge in [0, 0.05) is 23.1 Å². The zero-order chi connectivity index (χ0) is 22.9. The number of halogens is 1. The van der Waals surface area contributed by atoms with Crippen molar-refractivity contribution in [2.45, 2.75) is 64.3 Å². The number of nitrogens with one attached hydrogen (secondary N) is 2. The monoisotopic (exact) mass is 441 g/mol. The Bertz CT molecular complexity index is 740. The highest BCUT2D eigenvalue weighted by atomic mass is 35.5. The molecule has 1 unspecified atom stereocenters. The first-order valence-electron chi connectivity index (χ1n) is 11.1. The summed E-state index contributed by atoms with van der Waals surface area (Å²) in [6.45, 7) is 5.75. The van der Waals surface area contributed by atoms with E-state index in [1.807, 2.05) is 18.2 Å². The summed E-state index contributed by atoms with van der Waals surface area (Å²) in [7, 11) is 0. The topological polar surface area (TPSA) is 68.0 Å². The van der Waals surface area contributed by atoms with Gasteiger partial charge in [0.05, 0.1) is 6.34 Å². The van der Waals surface area contributed by atoms with Crippen molar-refractivity contribution < 1.29 is 4.79 Å². The Morgan fingerprint density at radius 2 is 1.94 bits per heavy atom. The lowest BCUT2D eigenvalue weighted by atomic mass is 9.93. The highest BCUT2D eigenvalue weighted by Crippen LogP contribution is 2.24. The molecule has 5 heteroatoms. The van der Waals surface area contributed by atoms with E-state index in [0.717, 1.165) is 37.7 Å². The molecule has 1 fully saturated rings. The summed E-state index contributed by atoms with van der Waals surface area (Å²) in [6, 6.07) is 0.0803. The molecule has 0 heterocycles. The summed E-state index contributed by atoms with van der Waals surface area (Å²) in [6.07, 6.45) is 24.9. The average molecular weight is 442 g/mol. The molecule has 2 N–H and O–H groups in total. The zero-order valence-corrected chi connectivity index (χ0v) is 19.4. The normalized spacial score (nSPS) is 17.4. The number of rotatable bonds is 13. The smallest absolute Gasteiger partial charge is 0.259 e. The molecular formula is C26H36ClN3O. The van der Waals surface area contributed by atoms with Crippen molar-refractivity contribution >= 4 is 30.1 Å². The van der Waals surface area contributed by atoms with Gasteiger partial charge in [-0.25, -0.2) is 0 Å². The van der Waals surface area contributed by atoms with Crippen LogP contribution in [0.25, 0.3) is 0 Å². The van der Waals surface area contributed by atoms with E-state index in [-0.39, 0.29) is 17.9 Å². The van der Waals surface area contributed by atoms with Crippen LogP contribution in [0.1, 0.15) is 58.3 Å². The van der Waals surface area contributed by atoms with E-state index in [1.54, 1.807) is 29.2 Å². The summed E-state index contributed by atoms with van der Waals surface area (Å²) in [5, 5.41) is 15.6. The maximum Gasteiger partial charge on any atom is 0.259 e. The predicted molar refractivity (Wildman–Crippen MR) is 134 cm³/mol. The molecule has 0 aromatic carbocycles. The first-order valence-corrected chi connectivity index (χ1v) is 11.5. The molecule has 0 saturated heterocycles. The second kappa shape index (κ2) is 16.3. The van der Waals surface area contributed by atoms with Crippen molar-refractivity contribution in [2.24, 2.45) is 5.92 Å². The van der Waals surface area contributed by atoms with Gasteiger partial charge < -0.3 is 5.41 Å². The van der Waals surface area contributed by atoms with Crippen molar-refractivity contribution in [3.8, 4) is 0 Å². The van der Waals surface area contributed by atoms with E-state index in [4.69, 9.17) is 22.4 Å². The first kappa shape index (κ1) is 26.6. The molecule has 0 spiro atoms. The lowest BCUT2D eigenvalue weighted by molar-refractivity contribution is -0.124. The number of carbonyl (C=O) groups excluding carboxylic acids is 1. The Kier molecular flexibility index (Phi) is 13.9. The molecule has 1 saturated carbocycles. The molecule has 1 aliphatic carbocycles. The second-order valence-corrected chi connectivity index (χ2v) is 7.89. The van der Waals surface area contributed by atoms with Gasteiger partial charge in [-0.2, -0.15) is 0 Å². The summed E-state index contributed by atoms with van der Waals surface area (Å²) >= 11 is 5.66. The van der Waals surface area contributed by atoms with Crippen LogP contribution in [0.5, 0.6) is 0 Å². The summed E-state index contributed by atoms with van der Waals surface area (Å²) in [5.74, 6) is -0.162. The van der Waals surface area contributed by atoms with Gasteiger partial charge >= 0.3 is 0 Å². The van der Waals surface area contributed by atoms with E-state index < -0.39 is 0 Å². The Morgan fingerprint density at radius 3 is 2.52 bits per heavy atom. The van der Waals surface area contributed by atoms with Crippen LogP contribution in [-0.2, 0) is 4.79 Å². The van der Waals surface area contributed by atoms with Crippen molar-refractivity contribution in [1.82, 2.24) is 4.90 Å². The van der Waals surface area contributed by atoms with Gasteiger partial charge in [-0.15, -0.1) is 0 Å². The molecule has 0 aromatic rings. The van der Waals surface area contributed by atoms with Gasteiger partial charge in [0.2, 0.25) is 0 Å². The molecule has 1 aliphatic rings. The van der Waals surface area contributed by atoms with E-state index in [2.05, 4.69) is 19.6 Å². The molecule has 4 nitrogen and oxygen atoms in total. The third kappa shape index (κ3) is 9.93. The molecule has 1 atom stereocenters. The van der Waals surface area contributed by atoms with Gasteiger partial charge in [-0.3, -0.25) is 15.1 Å². The van der Waals surface area contributed by atoms with Crippen molar-refractivity contribution in [1.29, 1.82) is 10.8 Å². The minimum absolute atomic E-state index is 0.00000980. The third-order valence-corrected chi connectivity index (χ3v) is 5.46. The van der Waals surface area contributed by atoms with E-state index >= 15 is 0 Å². The van der Waals surface area contributed by atoms with Gasteiger partial charge in [0.25, 0.3) is 5.91 Å². The molecular weight excluding hydrogens is 406 g/mol. The number of allylic oxidation sites excluding steroid dienone is 8. The van der Waals surface area contributed by atoms with Crippen LogP contribution in [0.2, 0.25) is 0 Å². The molecule has 1 rings (SSSR count). The van der Waals surface area contributed by atoms with Crippen LogP contribution < -0.4 is 0 Å². The van der Waals surface area contributed by atoms with Crippen LogP contribution in [-0.4, -0.2) is 29.4 Å². The maximum absolute atomic E-state index is 13.4. The lowest BCUT2D eigenvalue weighted by Crippen LogP contribution is -2.40. The van der Waals surface area contributed by atoms with E-state index in [9.17, 15) is 4.79 Å². The summed E-state index contributed by atoms with van der Waals surface area (Å²) < 4.78 is 0. The van der Waals surface area contributed by atoms with Crippen LogP contribution in [0.4, 0.5) is 0 Å². The summed E-state index contributed by atoms with van der Waals surface area (Å²) in [5.41, 5.74) is 2.97. The Balaban J connectivity index is 3.29. The highest BCUT2D eigenvalue weighted by molar-refractivity contribution is 6.25. The van der Waals surface area contributed by atoms with Crippen molar-refractivity contribution in [3.05, 3.63) is 71.9 Å². The minimum Gasteiger partial charge on any atom is -0.313 e. The Morgan fingerprint density at radius 1 is 1.19 bits per heavy atom. The molecule has 168 valence electrons. The number of hydrogen-bond acceptors (Lipinski definition) is 3. The predicted octanol–water partition coefficient (Wildman–Crippen LogP) is 7.11. The fourth-order valence-corrected chi connectivity index (χ4v) is 3.74. The van der Waals surface area contributed by atoms with Crippen molar-refractivity contribution in [3.63, 3.8) is 0 Å². The van der Waals surface area contributed by atoms with Crippen LogP contribution in [0.15, 0.2) is 71.9 Å². The van der Waals surface area contributed by atoms with Crippen molar-refractivity contribution in [2.75, 3.05) is 0 Å². The number of nitrogens with zero attached hydrogens (tertiary/aromatic N) is 1. The van der Waals surface area contributed by atoms with Crippen LogP contribution >= 0.6 is 11.6 Å². The van der Waals surface area contributed by atoms with Gasteiger partial charge in [0.15, 0.2) is 0 Å². The van der Waals surface area contributed by atoms with Gasteiger partial charge in [0.1, 0.15) is 0 Å². The number of amides is 1. The Hall–Kier alpha value is -2.46. The van der Waals surface area contributed by atoms with Gasteiger partial charge in [-0.05, 0) is 56.0 Å². The third-order valence-electron chi connectivity index (χ3n) is 5.28. The molecule has 0 bridgehead atoms. The largest absolute Gasteiger partial charge is 0.313 e. The van der Waals surface area contributed by atoms with E-state index in [0.29, 0.717) is 18.4 Å². The minimum atomic E-state index is -0.162. The Labute approximate surface area is 192 Å². The summed E-state index contributed by atoms with van der Waals surface area (Å²) in [4.78, 5) is 15.0. The number of carbonyl (C=O) groups is 1. The first-order chi connectivity index (χ1) is 15.1. The average Bonchev–Trinajstić information content (AvgIpc) is 2.80. The quantitative estimate of drug-likeness (QED) is 0.136. The molecule has 0 aromatic heterocycles. The second-order valence-electron chi connectivity index (χ2n) is 7.63. The molecule has 31 heavy (non-hydrogen) atoms. The van der Waals surface area contributed by atoms with E-state index in [1.165, 1.54) is 24.5 Å². The fraction of sp³-hybridized carbons (Fsp3) is 0.423. The standard InChI is InChI=1S/C26H36ClN3O/c1-3-5-8-14-24(26(31)30(21-29)25-15-9-7-10-16-25)19-22(12-6-4-2)18-23(20-28)13-11-17-27/h3,5-6,8,11-12,14,17,19-21,23,25,28-29H,1,4,7,9-10,13,15-16,18H2,2H3/b8-5+,12-6+,17-11+,22-19+,24-14+,28-20?,29-21?. The molecule has 1 amide bonds. The lowest BCUT2D eigenvalue weighted by Gasteiger charge is -2.31. The molecule has 0 radical (unpaired) electrons. The van der Waals surface area contributed by atoms with Crippen LogP contribution in [0, 0.1) is 16.7 Å².